The lowest BCUT2D eigenvalue weighted by Gasteiger charge is -2.20. The van der Waals surface area contributed by atoms with Crippen molar-refractivity contribution >= 4 is 17.6 Å². The molecule has 0 unspecified atom stereocenters. The Bertz CT molecular complexity index is 1130. The van der Waals surface area contributed by atoms with Crippen LogP contribution < -0.4 is 0 Å². The standard InChI is InChI=1S/C20H18ClF4N3O4/c1-4-31-18(29)14-15(13-11(21)6-5-7-12(13)22)27-32-16(14)10-8-26-28(9-19(2,3)30)17(10)20(23,24)25/h5-8,30H,4,9H2,1-3H3. The van der Waals surface area contributed by atoms with E-state index in [1.54, 1.807) is 0 Å². The van der Waals surface area contributed by atoms with Gasteiger partial charge >= 0.3 is 12.1 Å². The van der Waals surface area contributed by atoms with Gasteiger partial charge in [0.15, 0.2) is 11.5 Å². The number of aliphatic hydroxyl groups is 1. The maximum atomic E-state index is 14.5. The number of alkyl halides is 3. The van der Waals surface area contributed by atoms with Gasteiger partial charge in [-0.2, -0.15) is 18.3 Å². The van der Waals surface area contributed by atoms with Gasteiger partial charge in [0.25, 0.3) is 0 Å². The molecule has 0 bridgehead atoms. The van der Waals surface area contributed by atoms with Crippen LogP contribution >= 0.6 is 11.6 Å². The van der Waals surface area contributed by atoms with E-state index in [9.17, 15) is 27.5 Å². The Morgan fingerprint density at radius 2 is 2.00 bits per heavy atom. The topological polar surface area (TPSA) is 90.4 Å². The van der Waals surface area contributed by atoms with Gasteiger partial charge in [0.05, 0.1) is 41.1 Å². The van der Waals surface area contributed by atoms with Crippen molar-refractivity contribution in [3.8, 4) is 22.6 Å². The van der Waals surface area contributed by atoms with Crippen LogP contribution in [0.25, 0.3) is 22.6 Å². The quantitative estimate of drug-likeness (QED) is 0.400. The minimum absolute atomic E-state index is 0.113. The van der Waals surface area contributed by atoms with Gasteiger partial charge in [-0.05, 0) is 32.9 Å². The van der Waals surface area contributed by atoms with Crippen molar-refractivity contribution in [2.75, 3.05) is 6.61 Å². The molecule has 2 aromatic heterocycles. The monoisotopic (exact) mass is 475 g/mol. The summed E-state index contributed by atoms with van der Waals surface area (Å²) in [6, 6.07) is 3.69. The molecule has 0 atom stereocenters. The summed E-state index contributed by atoms with van der Waals surface area (Å²) in [5.74, 6) is -2.56. The molecule has 32 heavy (non-hydrogen) atoms. The number of halogens is 5. The Balaban J connectivity index is 2.30. The summed E-state index contributed by atoms with van der Waals surface area (Å²) < 4.78 is 66.9. The molecule has 3 rings (SSSR count). The first-order valence-corrected chi connectivity index (χ1v) is 9.70. The fraction of sp³-hybridized carbons (Fsp3) is 0.350. The first-order chi connectivity index (χ1) is 14.8. The molecule has 0 saturated heterocycles. The summed E-state index contributed by atoms with van der Waals surface area (Å²) in [6.07, 6.45) is -4.11. The lowest BCUT2D eigenvalue weighted by Crippen LogP contribution is -2.29. The van der Waals surface area contributed by atoms with E-state index in [4.69, 9.17) is 20.9 Å². The van der Waals surface area contributed by atoms with Crippen molar-refractivity contribution < 1.29 is 36.7 Å². The number of rotatable bonds is 6. The number of aromatic nitrogens is 3. The van der Waals surface area contributed by atoms with Crippen molar-refractivity contribution in [2.24, 2.45) is 0 Å². The summed E-state index contributed by atoms with van der Waals surface area (Å²) >= 11 is 6.06. The fourth-order valence-corrected chi connectivity index (χ4v) is 3.35. The Morgan fingerprint density at radius 3 is 2.56 bits per heavy atom. The average Bonchev–Trinajstić information content (AvgIpc) is 3.24. The lowest BCUT2D eigenvalue weighted by atomic mass is 10.0. The van der Waals surface area contributed by atoms with Gasteiger partial charge in [-0.25, -0.2) is 9.18 Å². The third-order valence-corrected chi connectivity index (χ3v) is 4.58. The van der Waals surface area contributed by atoms with Crippen molar-refractivity contribution in [1.29, 1.82) is 0 Å². The van der Waals surface area contributed by atoms with Crippen LogP contribution in [0.15, 0.2) is 28.9 Å². The van der Waals surface area contributed by atoms with Crippen LogP contribution in [0.3, 0.4) is 0 Å². The molecule has 2 heterocycles. The molecular weight excluding hydrogens is 458 g/mol. The molecule has 0 aliphatic heterocycles. The molecule has 0 saturated carbocycles. The number of nitrogens with zero attached hydrogens (tertiary/aromatic N) is 3. The van der Waals surface area contributed by atoms with Gasteiger partial charge in [-0.15, -0.1) is 0 Å². The first-order valence-electron chi connectivity index (χ1n) is 9.32. The zero-order chi connectivity index (χ0) is 23.8. The summed E-state index contributed by atoms with van der Waals surface area (Å²) in [6.45, 7) is 3.49. The summed E-state index contributed by atoms with van der Waals surface area (Å²) in [4.78, 5) is 12.7. The second-order valence-electron chi connectivity index (χ2n) is 7.43. The highest BCUT2D eigenvalue weighted by atomic mass is 35.5. The molecule has 3 aromatic rings. The van der Waals surface area contributed by atoms with Gasteiger partial charge in [0.2, 0.25) is 0 Å². The molecule has 0 fully saturated rings. The first kappa shape index (κ1) is 23.7. The van der Waals surface area contributed by atoms with E-state index in [-0.39, 0.29) is 17.2 Å². The van der Waals surface area contributed by atoms with Crippen molar-refractivity contribution in [2.45, 2.75) is 39.1 Å². The zero-order valence-corrected chi connectivity index (χ0v) is 17.9. The maximum Gasteiger partial charge on any atom is 0.433 e. The summed E-state index contributed by atoms with van der Waals surface area (Å²) in [7, 11) is 0. The number of carbonyl (C=O) groups is 1. The Kier molecular flexibility index (Phi) is 6.34. The molecule has 7 nitrogen and oxygen atoms in total. The molecule has 172 valence electrons. The molecule has 0 aliphatic carbocycles. The van der Waals surface area contributed by atoms with Gasteiger partial charge in [-0.3, -0.25) is 4.68 Å². The van der Waals surface area contributed by atoms with Crippen molar-refractivity contribution in [1.82, 2.24) is 14.9 Å². The van der Waals surface area contributed by atoms with Gasteiger partial charge < -0.3 is 14.4 Å². The second kappa shape index (κ2) is 8.55. The van der Waals surface area contributed by atoms with Crippen molar-refractivity contribution in [3.05, 3.63) is 46.5 Å². The van der Waals surface area contributed by atoms with Crippen LogP contribution in [0.2, 0.25) is 5.02 Å². The van der Waals surface area contributed by atoms with E-state index >= 15 is 0 Å². The number of hydrogen-bond acceptors (Lipinski definition) is 6. The van der Waals surface area contributed by atoms with E-state index < -0.39 is 58.4 Å². The molecular formula is C20H18ClF4N3O4. The highest BCUT2D eigenvalue weighted by Crippen LogP contribution is 2.42. The zero-order valence-electron chi connectivity index (χ0n) is 17.1. The maximum absolute atomic E-state index is 14.5. The highest BCUT2D eigenvalue weighted by molar-refractivity contribution is 6.33. The largest absolute Gasteiger partial charge is 0.462 e. The Labute approximate surface area is 184 Å². The second-order valence-corrected chi connectivity index (χ2v) is 7.83. The predicted octanol–water partition coefficient (Wildman–Crippen LogP) is 4.96. The number of esters is 1. The minimum atomic E-state index is -4.94. The van der Waals surface area contributed by atoms with Crippen LogP contribution in [0, 0.1) is 5.82 Å². The molecule has 1 aromatic carbocycles. The third kappa shape index (κ3) is 4.63. The van der Waals surface area contributed by atoms with Crippen molar-refractivity contribution in [3.63, 3.8) is 0 Å². The van der Waals surface area contributed by atoms with E-state index in [1.807, 2.05) is 0 Å². The van der Waals surface area contributed by atoms with Gasteiger partial charge in [-0.1, -0.05) is 22.8 Å². The lowest BCUT2D eigenvalue weighted by molar-refractivity contribution is -0.144. The smallest absolute Gasteiger partial charge is 0.433 e. The van der Waals surface area contributed by atoms with Crippen LogP contribution in [0.1, 0.15) is 36.8 Å². The fourth-order valence-electron chi connectivity index (χ4n) is 3.10. The van der Waals surface area contributed by atoms with E-state index in [1.165, 1.54) is 32.9 Å². The van der Waals surface area contributed by atoms with E-state index in [0.29, 0.717) is 4.68 Å². The predicted molar refractivity (Wildman–Crippen MR) is 105 cm³/mol. The van der Waals surface area contributed by atoms with Crippen LogP contribution in [-0.2, 0) is 17.5 Å². The SMILES string of the molecule is CCOC(=O)c1c(-c2c(F)cccc2Cl)noc1-c1cnn(CC(C)(C)O)c1C(F)(F)F. The van der Waals surface area contributed by atoms with Crippen LogP contribution in [0.5, 0.6) is 0 Å². The summed E-state index contributed by atoms with van der Waals surface area (Å²) in [5.41, 5.74) is -4.72. The third-order valence-electron chi connectivity index (χ3n) is 4.26. The van der Waals surface area contributed by atoms with Crippen LogP contribution in [-0.4, -0.2) is 38.2 Å². The molecule has 1 N–H and O–H groups in total. The normalized spacial score (nSPS) is 12.3. The van der Waals surface area contributed by atoms with E-state index in [0.717, 1.165) is 12.3 Å². The molecule has 12 heteroatoms. The molecule has 0 amide bonds. The minimum Gasteiger partial charge on any atom is -0.462 e. The number of ether oxygens (including phenoxy) is 1. The van der Waals surface area contributed by atoms with Gasteiger partial charge in [0, 0.05) is 0 Å². The van der Waals surface area contributed by atoms with Gasteiger partial charge in [0.1, 0.15) is 17.1 Å². The highest BCUT2D eigenvalue weighted by Gasteiger charge is 2.42. The summed E-state index contributed by atoms with van der Waals surface area (Å²) in [5, 5.41) is 17.2. The molecule has 0 spiro atoms. The Morgan fingerprint density at radius 1 is 1.31 bits per heavy atom. The van der Waals surface area contributed by atoms with Crippen LogP contribution in [0.4, 0.5) is 17.6 Å². The molecule has 0 radical (unpaired) electrons. The average molecular weight is 476 g/mol. The number of hydrogen-bond donors (Lipinski definition) is 1. The van der Waals surface area contributed by atoms with E-state index in [2.05, 4.69) is 10.3 Å². The molecule has 0 aliphatic rings. The number of benzene rings is 1. The number of carbonyl (C=O) groups excluding carboxylic acids is 1. The Hall–Kier alpha value is -2.92.